The minimum Gasteiger partial charge on any atom is -0.481 e. The summed E-state index contributed by atoms with van der Waals surface area (Å²) in [6.07, 6.45) is 4.94. The number of aliphatic carboxylic acids is 1. The molecule has 1 aliphatic rings. The minimum absolute atomic E-state index is 0.197. The van der Waals surface area contributed by atoms with E-state index in [0.29, 0.717) is 0 Å². The Morgan fingerprint density at radius 2 is 1.83 bits per heavy atom. The summed E-state index contributed by atoms with van der Waals surface area (Å²) in [4.78, 5) is 11.0. The number of carboxylic acids is 1. The van der Waals surface area contributed by atoms with Crippen molar-refractivity contribution in [3.05, 3.63) is 34.4 Å². The zero-order valence-corrected chi connectivity index (χ0v) is 11.5. The monoisotopic (exact) mass is 246 g/mol. The van der Waals surface area contributed by atoms with Crippen molar-refractivity contribution in [2.24, 2.45) is 0 Å². The van der Waals surface area contributed by atoms with Crippen molar-refractivity contribution in [3.8, 4) is 0 Å². The number of hydrogen-bond acceptors (Lipinski definition) is 1. The van der Waals surface area contributed by atoms with Crippen LogP contribution in [-0.4, -0.2) is 11.1 Å². The summed E-state index contributed by atoms with van der Waals surface area (Å²) >= 11 is 0. The average Bonchev–Trinajstić information content (AvgIpc) is 2.27. The molecule has 0 unspecified atom stereocenters. The average molecular weight is 246 g/mol. The van der Waals surface area contributed by atoms with Crippen LogP contribution in [0.1, 0.15) is 55.4 Å². The molecule has 0 amide bonds. The molecule has 2 nitrogen and oxygen atoms in total. The number of carbonyl (C=O) groups is 1. The van der Waals surface area contributed by atoms with Crippen molar-refractivity contribution in [2.75, 3.05) is 0 Å². The van der Waals surface area contributed by atoms with Crippen molar-refractivity contribution >= 4 is 5.97 Å². The summed E-state index contributed by atoms with van der Waals surface area (Å²) < 4.78 is 0. The summed E-state index contributed by atoms with van der Waals surface area (Å²) in [5, 5.41) is 9.07. The standard InChI is InChI=1S/C16H22O2/c1-11-8-9-14(16(2,3)10-15(17)18)13-7-5-4-6-12(11)13/h8-9H,4-7,10H2,1-3H3,(H,17,18). The van der Waals surface area contributed by atoms with E-state index in [-0.39, 0.29) is 11.8 Å². The molecule has 0 saturated carbocycles. The van der Waals surface area contributed by atoms with Crippen LogP contribution in [0.15, 0.2) is 12.1 Å². The lowest BCUT2D eigenvalue weighted by molar-refractivity contribution is -0.138. The molecule has 98 valence electrons. The topological polar surface area (TPSA) is 37.3 Å². The summed E-state index contributed by atoms with van der Waals surface area (Å²) in [5.41, 5.74) is 5.22. The maximum Gasteiger partial charge on any atom is 0.304 e. The van der Waals surface area contributed by atoms with Crippen LogP contribution in [0.3, 0.4) is 0 Å². The van der Waals surface area contributed by atoms with Gasteiger partial charge in [0, 0.05) is 5.41 Å². The maximum absolute atomic E-state index is 11.0. The highest BCUT2D eigenvalue weighted by molar-refractivity contribution is 5.69. The fourth-order valence-electron chi connectivity index (χ4n) is 3.15. The minimum atomic E-state index is -0.717. The van der Waals surface area contributed by atoms with E-state index in [4.69, 9.17) is 5.11 Å². The quantitative estimate of drug-likeness (QED) is 0.884. The van der Waals surface area contributed by atoms with Crippen LogP contribution in [0, 0.1) is 6.92 Å². The molecular formula is C16H22O2. The molecule has 1 N–H and O–H groups in total. The Bertz CT molecular complexity index is 472. The molecule has 1 aliphatic carbocycles. The van der Waals surface area contributed by atoms with Gasteiger partial charge >= 0.3 is 5.97 Å². The molecule has 2 heteroatoms. The van der Waals surface area contributed by atoms with Crippen molar-refractivity contribution in [3.63, 3.8) is 0 Å². The first-order chi connectivity index (χ1) is 8.42. The van der Waals surface area contributed by atoms with E-state index in [0.717, 1.165) is 12.8 Å². The highest BCUT2D eigenvalue weighted by atomic mass is 16.4. The lowest BCUT2D eigenvalue weighted by Crippen LogP contribution is -2.25. The van der Waals surface area contributed by atoms with Crippen molar-refractivity contribution in [1.82, 2.24) is 0 Å². The molecular weight excluding hydrogens is 224 g/mol. The fraction of sp³-hybridized carbons (Fsp3) is 0.562. The number of rotatable bonds is 3. The molecule has 0 saturated heterocycles. The second-order valence-electron chi connectivity index (χ2n) is 6.05. The molecule has 0 atom stereocenters. The van der Waals surface area contributed by atoms with Gasteiger partial charge in [-0.3, -0.25) is 4.79 Å². The Morgan fingerprint density at radius 3 is 2.44 bits per heavy atom. The highest BCUT2D eigenvalue weighted by Gasteiger charge is 2.28. The fourth-order valence-corrected chi connectivity index (χ4v) is 3.15. The Kier molecular flexibility index (Phi) is 3.47. The Labute approximate surface area is 109 Å². The number of benzene rings is 1. The Balaban J connectivity index is 2.48. The zero-order valence-electron chi connectivity index (χ0n) is 11.5. The number of fused-ring (bicyclic) bond motifs is 1. The van der Waals surface area contributed by atoms with Gasteiger partial charge in [0.05, 0.1) is 6.42 Å². The first-order valence-corrected chi connectivity index (χ1v) is 6.75. The molecule has 18 heavy (non-hydrogen) atoms. The van der Waals surface area contributed by atoms with Crippen LogP contribution in [-0.2, 0) is 23.1 Å². The molecule has 0 fully saturated rings. The largest absolute Gasteiger partial charge is 0.481 e. The normalized spacial score (nSPS) is 15.3. The van der Waals surface area contributed by atoms with Crippen LogP contribution in [0.2, 0.25) is 0 Å². The molecule has 0 heterocycles. The summed E-state index contributed by atoms with van der Waals surface area (Å²) in [6, 6.07) is 4.30. The van der Waals surface area contributed by atoms with Crippen LogP contribution in [0.5, 0.6) is 0 Å². The lowest BCUT2D eigenvalue weighted by Gasteiger charge is -2.30. The van der Waals surface area contributed by atoms with Gasteiger partial charge in [0.2, 0.25) is 0 Å². The van der Waals surface area contributed by atoms with Crippen molar-refractivity contribution in [1.29, 1.82) is 0 Å². The summed E-state index contributed by atoms with van der Waals surface area (Å²) in [5.74, 6) is -0.717. The smallest absolute Gasteiger partial charge is 0.304 e. The third-order valence-corrected chi connectivity index (χ3v) is 4.09. The molecule has 0 bridgehead atoms. The van der Waals surface area contributed by atoms with Crippen LogP contribution >= 0.6 is 0 Å². The van der Waals surface area contributed by atoms with E-state index in [2.05, 4.69) is 19.1 Å². The van der Waals surface area contributed by atoms with E-state index in [1.165, 1.54) is 35.1 Å². The van der Waals surface area contributed by atoms with Gasteiger partial charge in [-0.25, -0.2) is 0 Å². The van der Waals surface area contributed by atoms with Gasteiger partial charge in [-0.2, -0.15) is 0 Å². The molecule has 1 aromatic carbocycles. The molecule has 0 spiro atoms. The van der Waals surface area contributed by atoms with Crippen LogP contribution < -0.4 is 0 Å². The maximum atomic E-state index is 11.0. The van der Waals surface area contributed by atoms with Crippen molar-refractivity contribution in [2.45, 2.75) is 58.3 Å². The van der Waals surface area contributed by atoms with E-state index < -0.39 is 5.97 Å². The van der Waals surface area contributed by atoms with Gasteiger partial charge in [-0.15, -0.1) is 0 Å². The van der Waals surface area contributed by atoms with Crippen LogP contribution in [0.4, 0.5) is 0 Å². The van der Waals surface area contributed by atoms with Gasteiger partial charge in [0.25, 0.3) is 0 Å². The summed E-state index contributed by atoms with van der Waals surface area (Å²) in [6.45, 7) is 6.25. The van der Waals surface area contributed by atoms with Crippen LogP contribution in [0.25, 0.3) is 0 Å². The van der Waals surface area contributed by atoms with Gasteiger partial charge in [-0.05, 0) is 54.9 Å². The zero-order chi connectivity index (χ0) is 13.3. The first-order valence-electron chi connectivity index (χ1n) is 6.75. The van der Waals surface area contributed by atoms with Crippen molar-refractivity contribution < 1.29 is 9.90 Å². The number of aryl methyl sites for hydroxylation is 1. The Hall–Kier alpha value is -1.31. The molecule has 1 aromatic rings. The SMILES string of the molecule is Cc1ccc(C(C)(C)CC(=O)O)c2c1CCCC2. The number of hydrogen-bond donors (Lipinski definition) is 1. The molecule has 0 radical (unpaired) electrons. The first kappa shape index (κ1) is 13.1. The van der Waals surface area contributed by atoms with Gasteiger partial charge in [0.15, 0.2) is 0 Å². The molecule has 0 aromatic heterocycles. The Morgan fingerprint density at radius 1 is 1.22 bits per heavy atom. The number of carboxylic acid groups (broad SMARTS) is 1. The van der Waals surface area contributed by atoms with E-state index in [9.17, 15) is 4.79 Å². The summed E-state index contributed by atoms with van der Waals surface area (Å²) in [7, 11) is 0. The van der Waals surface area contributed by atoms with E-state index >= 15 is 0 Å². The lowest BCUT2D eigenvalue weighted by atomic mass is 9.74. The second kappa shape index (κ2) is 4.75. The molecule has 0 aliphatic heterocycles. The van der Waals surface area contributed by atoms with Gasteiger partial charge in [-0.1, -0.05) is 26.0 Å². The predicted octanol–water partition coefficient (Wildman–Crippen LogP) is 3.63. The second-order valence-corrected chi connectivity index (χ2v) is 6.05. The predicted molar refractivity (Wildman–Crippen MR) is 73.1 cm³/mol. The van der Waals surface area contributed by atoms with Gasteiger partial charge < -0.3 is 5.11 Å². The highest BCUT2D eigenvalue weighted by Crippen LogP contribution is 2.36. The molecule has 2 rings (SSSR count). The third-order valence-electron chi connectivity index (χ3n) is 4.09. The van der Waals surface area contributed by atoms with E-state index in [1.54, 1.807) is 0 Å². The third kappa shape index (κ3) is 2.43. The van der Waals surface area contributed by atoms with Gasteiger partial charge in [0.1, 0.15) is 0 Å². The van der Waals surface area contributed by atoms with E-state index in [1.807, 2.05) is 13.8 Å².